The minimum atomic E-state index is -0.155. The Balaban J connectivity index is 2.16. The molecule has 2 rings (SSSR count). The molecule has 18 heavy (non-hydrogen) atoms. The van der Waals surface area contributed by atoms with Crippen molar-refractivity contribution in [3.8, 4) is 0 Å². The maximum atomic E-state index is 11.7. The molecule has 98 valence electrons. The van der Waals surface area contributed by atoms with Crippen LogP contribution in [0.2, 0.25) is 5.02 Å². The molecule has 2 unspecified atom stereocenters. The second-order valence-electron chi connectivity index (χ2n) is 4.39. The van der Waals surface area contributed by atoms with Crippen molar-refractivity contribution in [2.75, 3.05) is 18.1 Å². The first kappa shape index (κ1) is 13.6. The number of hydrogen-bond donors (Lipinski definition) is 2. The number of carbonyl (C=O) groups is 1. The van der Waals surface area contributed by atoms with E-state index in [-0.39, 0.29) is 5.91 Å². The lowest BCUT2D eigenvalue weighted by molar-refractivity contribution is 0.0963. The third kappa shape index (κ3) is 2.93. The Hall–Kier alpha value is -0.870. The van der Waals surface area contributed by atoms with Gasteiger partial charge in [-0.1, -0.05) is 18.5 Å². The molecule has 0 saturated carbocycles. The van der Waals surface area contributed by atoms with Gasteiger partial charge in [0, 0.05) is 24.0 Å². The summed E-state index contributed by atoms with van der Waals surface area (Å²) in [5.74, 6) is 1.03. The maximum Gasteiger partial charge on any atom is 0.252 e. The average molecular weight is 285 g/mol. The molecule has 0 aliphatic carbocycles. The van der Waals surface area contributed by atoms with Crippen LogP contribution in [0, 0.1) is 0 Å². The Labute approximate surface area is 117 Å². The topological polar surface area (TPSA) is 41.1 Å². The van der Waals surface area contributed by atoms with Crippen LogP contribution < -0.4 is 10.6 Å². The van der Waals surface area contributed by atoms with Gasteiger partial charge in [-0.15, -0.1) is 0 Å². The number of thioether (sulfide) groups is 1. The van der Waals surface area contributed by atoms with Gasteiger partial charge >= 0.3 is 0 Å². The van der Waals surface area contributed by atoms with E-state index in [1.54, 1.807) is 13.1 Å². The molecule has 1 saturated heterocycles. The molecule has 0 spiro atoms. The van der Waals surface area contributed by atoms with Crippen LogP contribution in [0.1, 0.15) is 23.7 Å². The van der Waals surface area contributed by atoms with E-state index < -0.39 is 0 Å². The number of anilines is 1. The van der Waals surface area contributed by atoms with Gasteiger partial charge in [-0.2, -0.15) is 11.8 Å². The highest BCUT2D eigenvalue weighted by Crippen LogP contribution is 2.29. The van der Waals surface area contributed by atoms with Crippen molar-refractivity contribution in [1.29, 1.82) is 0 Å². The van der Waals surface area contributed by atoms with E-state index in [2.05, 4.69) is 17.6 Å². The Bertz CT molecular complexity index is 453. The quantitative estimate of drug-likeness (QED) is 0.896. The zero-order valence-corrected chi connectivity index (χ0v) is 12.1. The van der Waals surface area contributed by atoms with Gasteiger partial charge in [0.1, 0.15) is 0 Å². The van der Waals surface area contributed by atoms with Gasteiger partial charge in [0.05, 0.1) is 10.6 Å². The largest absolute Gasteiger partial charge is 0.381 e. The first-order valence-electron chi connectivity index (χ1n) is 6.01. The van der Waals surface area contributed by atoms with Crippen molar-refractivity contribution in [1.82, 2.24) is 5.32 Å². The van der Waals surface area contributed by atoms with Crippen LogP contribution in [0.25, 0.3) is 0 Å². The lowest BCUT2D eigenvalue weighted by Gasteiger charge is -2.18. The highest BCUT2D eigenvalue weighted by atomic mass is 35.5. The molecule has 1 aliphatic rings. The van der Waals surface area contributed by atoms with Crippen LogP contribution in [-0.2, 0) is 0 Å². The lowest BCUT2D eigenvalue weighted by Crippen LogP contribution is -2.25. The summed E-state index contributed by atoms with van der Waals surface area (Å²) in [6.07, 6.45) is 1.16. The Kier molecular flexibility index (Phi) is 4.40. The molecule has 1 aromatic rings. The van der Waals surface area contributed by atoms with Crippen molar-refractivity contribution in [3.05, 3.63) is 28.8 Å². The Morgan fingerprint density at radius 2 is 2.28 bits per heavy atom. The van der Waals surface area contributed by atoms with Crippen LogP contribution in [0.15, 0.2) is 18.2 Å². The van der Waals surface area contributed by atoms with E-state index in [9.17, 15) is 4.79 Å². The molecule has 2 atom stereocenters. The number of carbonyl (C=O) groups excluding carboxylic acids is 1. The van der Waals surface area contributed by atoms with E-state index in [1.807, 2.05) is 23.9 Å². The van der Waals surface area contributed by atoms with Crippen LogP contribution in [0.3, 0.4) is 0 Å². The molecule has 5 heteroatoms. The number of amides is 1. The zero-order chi connectivity index (χ0) is 13.1. The molecule has 1 aromatic carbocycles. The van der Waals surface area contributed by atoms with Gasteiger partial charge in [-0.05, 0) is 30.4 Å². The molecule has 1 amide bonds. The van der Waals surface area contributed by atoms with Gasteiger partial charge in [-0.25, -0.2) is 0 Å². The fraction of sp³-hybridized carbons (Fsp3) is 0.462. The number of hydrogen-bond acceptors (Lipinski definition) is 3. The third-order valence-electron chi connectivity index (χ3n) is 3.17. The van der Waals surface area contributed by atoms with Gasteiger partial charge in [0.2, 0.25) is 0 Å². The van der Waals surface area contributed by atoms with E-state index in [1.165, 1.54) is 5.75 Å². The molecule has 0 radical (unpaired) electrons. The van der Waals surface area contributed by atoms with E-state index in [4.69, 9.17) is 11.6 Å². The van der Waals surface area contributed by atoms with E-state index in [0.29, 0.717) is 21.9 Å². The number of nitrogens with one attached hydrogen (secondary N) is 2. The standard InChI is InChI=1S/C13H17ClN2OS/c1-8-12(5-6-18-8)16-9-3-4-11(14)10(7-9)13(17)15-2/h3-4,7-8,12,16H,5-6H2,1-2H3,(H,15,17). The summed E-state index contributed by atoms with van der Waals surface area (Å²) in [5, 5.41) is 7.16. The second-order valence-corrected chi connectivity index (χ2v) is 6.28. The highest BCUT2D eigenvalue weighted by Gasteiger charge is 2.23. The van der Waals surface area contributed by atoms with Gasteiger partial charge < -0.3 is 10.6 Å². The fourth-order valence-corrected chi connectivity index (χ4v) is 3.46. The lowest BCUT2D eigenvalue weighted by atomic mass is 10.1. The van der Waals surface area contributed by atoms with E-state index >= 15 is 0 Å². The molecule has 1 fully saturated rings. The summed E-state index contributed by atoms with van der Waals surface area (Å²) in [5.41, 5.74) is 1.47. The fourth-order valence-electron chi connectivity index (χ4n) is 2.06. The summed E-state index contributed by atoms with van der Waals surface area (Å²) >= 11 is 8.00. The number of rotatable bonds is 3. The van der Waals surface area contributed by atoms with Crippen molar-refractivity contribution < 1.29 is 4.79 Å². The summed E-state index contributed by atoms with van der Waals surface area (Å²) in [4.78, 5) is 11.7. The second kappa shape index (κ2) is 5.85. The normalized spacial score (nSPS) is 22.8. The molecule has 2 N–H and O–H groups in total. The van der Waals surface area contributed by atoms with Crippen molar-refractivity contribution >= 4 is 35.0 Å². The van der Waals surface area contributed by atoms with Gasteiger partial charge in [0.25, 0.3) is 5.91 Å². The molecule has 1 heterocycles. The molecular weight excluding hydrogens is 268 g/mol. The highest BCUT2D eigenvalue weighted by molar-refractivity contribution is 8.00. The smallest absolute Gasteiger partial charge is 0.252 e. The van der Waals surface area contributed by atoms with Crippen molar-refractivity contribution in [3.63, 3.8) is 0 Å². The Morgan fingerprint density at radius 3 is 2.89 bits per heavy atom. The maximum absolute atomic E-state index is 11.7. The minimum absolute atomic E-state index is 0.155. The number of halogens is 1. The number of benzene rings is 1. The third-order valence-corrected chi connectivity index (χ3v) is 4.82. The summed E-state index contributed by atoms with van der Waals surface area (Å²) in [7, 11) is 1.61. The molecular formula is C13H17ClN2OS. The molecule has 0 aromatic heterocycles. The monoisotopic (exact) mass is 284 g/mol. The van der Waals surface area contributed by atoms with Crippen LogP contribution in [-0.4, -0.2) is 30.0 Å². The minimum Gasteiger partial charge on any atom is -0.381 e. The SMILES string of the molecule is CNC(=O)c1cc(NC2CCSC2C)ccc1Cl. The van der Waals surface area contributed by atoms with Crippen LogP contribution in [0.4, 0.5) is 5.69 Å². The van der Waals surface area contributed by atoms with Gasteiger partial charge in [-0.3, -0.25) is 4.79 Å². The van der Waals surface area contributed by atoms with Crippen LogP contribution in [0.5, 0.6) is 0 Å². The molecule has 0 bridgehead atoms. The predicted octanol–water partition coefficient (Wildman–Crippen LogP) is 3.01. The van der Waals surface area contributed by atoms with Crippen molar-refractivity contribution in [2.24, 2.45) is 0 Å². The van der Waals surface area contributed by atoms with Gasteiger partial charge in [0.15, 0.2) is 0 Å². The summed E-state index contributed by atoms with van der Waals surface area (Å²) in [6.45, 7) is 2.23. The predicted molar refractivity (Wildman–Crippen MR) is 78.8 cm³/mol. The zero-order valence-electron chi connectivity index (χ0n) is 10.5. The van der Waals surface area contributed by atoms with E-state index in [0.717, 1.165) is 12.1 Å². The van der Waals surface area contributed by atoms with Crippen LogP contribution >= 0.6 is 23.4 Å². The molecule has 1 aliphatic heterocycles. The average Bonchev–Trinajstić information content (AvgIpc) is 2.76. The molecule has 3 nitrogen and oxygen atoms in total. The summed E-state index contributed by atoms with van der Waals surface area (Å²) in [6, 6.07) is 5.97. The van der Waals surface area contributed by atoms with Crippen molar-refractivity contribution in [2.45, 2.75) is 24.6 Å². The first-order valence-corrected chi connectivity index (χ1v) is 7.44. The summed E-state index contributed by atoms with van der Waals surface area (Å²) < 4.78 is 0. The Morgan fingerprint density at radius 1 is 1.50 bits per heavy atom. The first-order chi connectivity index (χ1) is 8.61.